The van der Waals surface area contributed by atoms with Gasteiger partial charge >= 0.3 is 0 Å². The lowest BCUT2D eigenvalue weighted by atomic mass is 10.2. The second-order valence-corrected chi connectivity index (χ2v) is 11.4. The standard InChI is InChI=1S/C16H22F5P/c1-8(2)22(9(3)4,10(5)6)7-11-12(17)14(19)16(21)15(20)13(11)18/h7-10H,1-6H3. The Balaban J connectivity index is 3.88. The van der Waals surface area contributed by atoms with E-state index in [2.05, 4.69) is 0 Å². The van der Waals surface area contributed by atoms with Crippen LogP contribution in [0.4, 0.5) is 22.0 Å². The van der Waals surface area contributed by atoms with E-state index < -0.39 is 41.5 Å². The zero-order valence-corrected chi connectivity index (χ0v) is 14.5. The fourth-order valence-electron chi connectivity index (χ4n) is 3.19. The molecule has 0 aromatic heterocycles. The summed E-state index contributed by atoms with van der Waals surface area (Å²) in [7, 11) is 0. The lowest BCUT2D eigenvalue weighted by Gasteiger charge is -2.38. The quantitative estimate of drug-likeness (QED) is 0.282. The molecule has 0 aliphatic heterocycles. The van der Waals surface area contributed by atoms with E-state index in [0.29, 0.717) is 0 Å². The number of halogens is 5. The van der Waals surface area contributed by atoms with Gasteiger partial charge in [-0.05, 0) is 17.0 Å². The van der Waals surface area contributed by atoms with Gasteiger partial charge in [0.05, 0.1) is 5.56 Å². The number of hydrogen-bond donors (Lipinski definition) is 0. The van der Waals surface area contributed by atoms with E-state index in [1.165, 1.54) is 5.80 Å². The summed E-state index contributed by atoms with van der Waals surface area (Å²) in [4.78, 5) is 0. The van der Waals surface area contributed by atoms with Gasteiger partial charge in [-0.25, -0.2) is 22.0 Å². The normalized spacial score (nSPS) is 12.6. The third-order valence-electron chi connectivity index (χ3n) is 4.28. The first-order valence-electron chi connectivity index (χ1n) is 7.23. The van der Waals surface area contributed by atoms with Crippen molar-refractivity contribution in [3.8, 4) is 0 Å². The monoisotopic (exact) mass is 340 g/mol. The lowest BCUT2D eigenvalue weighted by molar-refractivity contribution is 0.377. The predicted octanol–water partition coefficient (Wildman–Crippen LogP) is 5.78. The maximum Gasteiger partial charge on any atom is 0.200 e. The largest absolute Gasteiger partial charge is 0.203 e. The smallest absolute Gasteiger partial charge is 0.200 e. The summed E-state index contributed by atoms with van der Waals surface area (Å²) >= 11 is 0. The maximum absolute atomic E-state index is 14.0. The molecule has 22 heavy (non-hydrogen) atoms. The summed E-state index contributed by atoms with van der Waals surface area (Å²) in [6, 6.07) is 0. The molecule has 1 rings (SSSR count). The number of hydrogen-bond acceptors (Lipinski definition) is 0. The Bertz CT molecular complexity index is 560. The molecular formula is C16H22F5P. The summed E-state index contributed by atoms with van der Waals surface area (Å²) in [5.74, 6) is -8.05. The molecule has 0 amide bonds. The fraction of sp³-hybridized carbons (Fsp3) is 0.562. The molecule has 0 N–H and O–H groups in total. The molecule has 0 saturated carbocycles. The molecule has 0 spiro atoms. The van der Waals surface area contributed by atoms with Crippen molar-refractivity contribution in [2.45, 2.75) is 58.5 Å². The molecule has 6 heteroatoms. The van der Waals surface area contributed by atoms with E-state index in [9.17, 15) is 22.0 Å². The number of benzene rings is 1. The van der Waals surface area contributed by atoms with Gasteiger partial charge in [0, 0.05) is 0 Å². The van der Waals surface area contributed by atoms with Crippen LogP contribution in [0.15, 0.2) is 0 Å². The Kier molecular flexibility index (Phi) is 5.88. The number of rotatable bonds is 4. The van der Waals surface area contributed by atoms with Gasteiger partial charge in [-0.15, -0.1) is 0 Å². The Morgan fingerprint density at radius 2 is 0.864 bits per heavy atom. The van der Waals surface area contributed by atoms with Crippen molar-refractivity contribution < 1.29 is 22.0 Å². The van der Waals surface area contributed by atoms with Crippen LogP contribution in [0.3, 0.4) is 0 Å². The SMILES string of the molecule is CC(C)P(=Cc1c(F)c(F)c(F)c(F)c1F)(C(C)C)C(C)C. The highest BCUT2D eigenvalue weighted by molar-refractivity contribution is 7.77. The first kappa shape index (κ1) is 19.2. The fourth-order valence-corrected chi connectivity index (χ4v) is 8.34. The van der Waals surface area contributed by atoms with Gasteiger partial charge in [-0.1, -0.05) is 54.2 Å². The molecule has 0 unspecified atom stereocenters. The summed E-state index contributed by atoms with van der Waals surface area (Å²) in [5.41, 5.74) is -0.576. The Labute approximate surface area is 128 Å². The summed E-state index contributed by atoms with van der Waals surface area (Å²) < 4.78 is 68.0. The van der Waals surface area contributed by atoms with Crippen LogP contribution < -0.4 is 0 Å². The summed E-state index contributed by atoms with van der Waals surface area (Å²) in [5, 5.41) is 0. The second-order valence-electron chi connectivity index (χ2n) is 6.29. The van der Waals surface area contributed by atoms with Gasteiger partial charge in [0.2, 0.25) is 5.82 Å². The molecule has 0 atom stereocenters. The van der Waals surface area contributed by atoms with Gasteiger partial charge in [0.1, 0.15) is 0 Å². The van der Waals surface area contributed by atoms with Crippen molar-refractivity contribution in [2.24, 2.45) is 0 Å². The van der Waals surface area contributed by atoms with Crippen LogP contribution in [-0.4, -0.2) is 22.8 Å². The van der Waals surface area contributed by atoms with Gasteiger partial charge in [-0.2, -0.15) is 0 Å². The van der Waals surface area contributed by atoms with E-state index in [0.717, 1.165) is 0 Å². The van der Waals surface area contributed by atoms with E-state index in [4.69, 9.17) is 0 Å². The van der Waals surface area contributed by atoms with Crippen LogP contribution in [0.5, 0.6) is 0 Å². The predicted molar refractivity (Wildman–Crippen MR) is 83.7 cm³/mol. The molecule has 0 bridgehead atoms. The Hall–Kier alpha value is -0.830. The Morgan fingerprint density at radius 1 is 0.591 bits per heavy atom. The van der Waals surface area contributed by atoms with Crippen molar-refractivity contribution in [1.29, 1.82) is 0 Å². The zero-order valence-electron chi connectivity index (χ0n) is 13.6. The van der Waals surface area contributed by atoms with Crippen molar-refractivity contribution in [3.05, 3.63) is 34.6 Å². The average molecular weight is 340 g/mol. The van der Waals surface area contributed by atoms with Crippen molar-refractivity contribution in [1.82, 2.24) is 0 Å². The van der Waals surface area contributed by atoms with Crippen molar-refractivity contribution >= 4 is 12.7 Å². The molecule has 0 saturated heterocycles. The highest BCUT2D eigenvalue weighted by Crippen LogP contribution is 2.60. The molecule has 1 aromatic carbocycles. The van der Waals surface area contributed by atoms with Crippen molar-refractivity contribution in [2.75, 3.05) is 0 Å². The Morgan fingerprint density at radius 3 is 1.14 bits per heavy atom. The highest BCUT2D eigenvalue weighted by atomic mass is 31.2. The van der Waals surface area contributed by atoms with Gasteiger partial charge in [0.25, 0.3) is 0 Å². The molecule has 1 aromatic rings. The third-order valence-corrected chi connectivity index (χ3v) is 10.4. The van der Waals surface area contributed by atoms with Crippen LogP contribution in [0.25, 0.3) is 0 Å². The zero-order chi connectivity index (χ0) is 17.4. The summed E-state index contributed by atoms with van der Waals surface area (Å²) in [6.07, 6.45) is 0. The first-order valence-corrected chi connectivity index (χ1v) is 9.30. The minimum absolute atomic E-state index is 0.0717. The van der Waals surface area contributed by atoms with Crippen molar-refractivity contribution in [3.63, 3.8) is 0 Å². The molecule has 0 aliphatic rings. The average Bonchev–Trinajstić information content (AvgIpc) is 2.42. The van der Waals surface area contributed by atoms with E-state index in [1.54, 1.807) is 0 Å². The van der Waals surface area contributed by atoms with E-state index in [-0.39, 0.29) is 17.0 Å². The van der Waals surface area contributed by atoms with Crippen LogP contribution >= 0.6 is 6.89 Å². The maximum atomic E-state index is 14.0. The molecular weight excluding hydrogens is 318 g/mol. The van der Waals surface area contributed by atoms with E-state index in [1.807, 2.05) is 41.5 Å². The van der Waals surface area contributed by atoms with Crippen LogP contribution in [0, 0.1) is 29.1 Å². The highest BCUT2D eigenvalue weighted by Gasteiger charge is 2.32. The minimum Gasteiger partial charge on any atom is -0.203 e. The molecule has 0 fully saturated rings. The van der Waals surface area contributed by atoms with Gasteiger partial charge < -0.3 is 0 Å². The lowest BCUT2D eigenvalue weighted by Crippen LogP contribution is -2.20. The molecule has 0 aliphatic carbocycles. The summed E-state index contributed by atoms with van der Waals surface area (Å²) in [6.45, 7) is 9.46. The molecule has 0 heterocycles. The van der Waals surface area contributed by atoms with Crippen LogP contribution in [0.1, 0.15) is 47.1 Å². The third kappa shape index (κ3) is 2.97. The van der Waals surface area contributed by atoms with Crippen LogP contribution in [-0.2, 0) is 0 Å². The minimum atomic E-state index is -2.12. The molecule has 126 valence electrons. The van der Waals surface area contributed by atoms with E-state index >= 15 is 0 Å². The topological polar surface area (TPSA) is 0 Å². The molecule has 0 radical (unpaired) electrons. The first-order chi connectivity index (χ1) is 9.98. The molecule has 0 nitrogen and oxygen atoms in total. The van der Waals surface area contributed by atoms with Crippen LogP contribution in [0.2, 0.25) is 0 Å². The van der Waals surface area contributed by atoms with Gasteiger partial charge in [-0.3, -0.25) is 0 Å². The van der Waals surface area contributed by atoms with Gasteiger partial charge in [0.15, 0.2) is 23.3 Å². The second kappa shape index (κ2) is 6.74.